The Hall–Kier alpha value is -2.39. The maximum absolute atomic E-state index is 13.4. The first-order valence-electron chi connectivity index (χ1n) is 11.8. The molecular weight excluding hydrogens is 454 g/mol. The van der Waals surface area contributed by atoms with Crippen molar-refractivity contribution in [2.45, 2.75) is 75.5 Å². The van der Waals surface area contributed by atoms with Gasteiger partial charge in [0, 0.05) is 17.5 Å². The van der Waals surface area contributed by atoms with E-state index in [9.17, 15) is 9.59 Å². The van der Waals surface area contributed by atoms with Crippen LogP contribution in [0.25, 0.3) is 10.2 Å². The Morgan fingerprint density at radius 3 is 2.88 bits per heavy atom. The van der Waals surface area contributed by atoms with Crippen molar-refractivity contribution in [2.75, 3.05) is 11.1 Å². The first-order chi connectivity index (χ1) is 16.2. The molecule has 0 aromatic carbocycles. The Bertz CT molecular complexity index is 1240. The highest BCUT2D eigenvalue weighted by molar-refractivity contribution is 7.99. The van der Waals surface area contributed by atoms with Gasteiger partial charge in [-0.3, -0.25) is 14.2 Å². The van der Waals surface area contributed by atoms with E-state index in [1.54, 1.807) is 28.2 Å². The quantitative estimate of drug-likeness (QED) is 0.222. The minimum Gasteiger partial charge on any atom is -0.310 e. The summed E-state index contributed by atoms with van der Waals surface area (Å²) in [5.74, 6) is 0.790. The van der Waals surface area contributed by atoms with Crippen LogP contribution in [0.2, 0.25) is 0 Å². The fourth-order valence-corrected chi connectivity index (χ4v) is 7.07. The fourth-order valence-electron chi connectivity index (χ4n) is 4.96. The minimum atomic E-state index is -0.124. The third-order valence-corrected chi connectivity index (χ3v) is 8.70. The van der Waals surface area contributed by atoms with Crippen molar-refractivity contribution in [3.05, 3.63) is 45.7 Å². The number of thiophene rings is 1. The first kappa shape index (κ1) is 22.4. The van der Waals surface area contributed by atoms with Gasteiger partial charge in [0.05, 0.1) is 23.4 Å². The van der Waals surface area contributed by atoms with Gasteiger partial charge in [0.15, 0.2) is 5.16 Å². The van der Waals surface area contributed by atoms with Gasteiger partial charge in [-0.2, -0.15) is 5.10 Å². The second kappa shape index (κ2) is 9.85. The zero-order chi connectivity index (χ0) is 22.8. The predicted molar refractivity (Wildman–Crippen MR) is 134 cm³/mol. The van der Waals surface area contributed by atoms with Crippen molar-refractivity contribution in [2.24, 2.45) is 0 Å². The van der Waals surface area contributed by atoms with Gasteiger partial charge in [0.1, 0.15) is 10.6 Å². The van der Waals surface area contributed by atoms with Crippen LogP contribution in [0.1, 0.15) is 61.4 Å². The average molecular weight is 484 g/mol. The molecule has 0 bridgehead atoms. The van der Waals surface area contributed by atoms with Crippen molar-refractivity contribution in [3.63, 3.8) is 0 Å². The second-order valence-electron chi connectivity index (χ2n) is 8.78. The average Bonchev–Trinajstić information content (AvgIpc) is 3.52. The smallest absolute Gasteiger partial charge is 0.263 e. The fraction of sp³-hybridized carbons (Fsp3) is 0.500. The second-order valence-corrected chi connectivity index (χ2v) is 10.8. The molecule has 1 fully saturated rings. The molecular formula is C24H29N5O2S2. The van der Waals surface area contributed by atoms with E-state index in [4.69, 9.17) is 4.98 Å². The predicted octanol–water partition coefficient (Wildman–Crippen LogP) is 4.96. The van der Waals surface area contributed by atoms with E-state index in [0.29, 0.717) is 17.7 Å². The van der Waals surface area contributed by atoms with Crippen LogP contribution < -0.4 is 10.9 Å². The lowest BCUT2D eigenvalue weighted by atomic mass is 10.1. The SMILES string of the molecule is C=CCn1c(SCC(=O)Nc2ccnn2C2CCCC2)nc2sc3c(c2c1=O)CCCCC3. The normalized spacial score (nSPS) is 16.6. The molecule has 0 radical (unpaired) electrons. The highest BCUT2D eigenvalue weighted by Crippen LogP contribution is 2.34. The lowest BCUT2D eigenvalue weighted by Crippen LogP contribution is -2.24. The van der Waals surface area contributed by atoms with E-state index in [-0.39, 0.29) is 17.2 Å². The third kappa shape index (κ3) is 4.53. The Morgan fingerprint density at radius 1 is 1.24 bits per heavy atom. The number of aromatic nitrogens is 4. The van der Waals surface area contributed by atoms with Gasteiger partial charge in [-0.15, -0.1) is 17.9 Å². The van der Waals surface area contributed by atoms with E-state index in [1.807, 2.05) is 10.7 Å². The molecule has 33 heavy (non-hydrogen) atoms. The number of nitrogens with zero attached hydrogens (tertiary/aromatic N) is 4. The molecule has 0 atom stereocenters. The van der Waals surface area contributed by atoms with Gasteiger partial charge >= 0.3 is 0 Å². The van der Waals surface area contributed by atoms with Gasteiger partial charge in [0.2, 0.25) is 5.91 Å². The van der Waals surface area contributed by atoms with Crippen LogP contribution >= 0.6 is 23.1 Å². The molecule has 0 aliphatic heterocycles. The summed E-state index contributed by atoms with van der Waals surface area (Å²) in [4.78, 5) is 33.1. The van der Waals surface area contributed by atoms with Crippen LogP contribution in [0, 0.1) is 0 Å². The van der Waals surface area contributed by atoms with Gasteiger partial charge < -0.3 is 5.32 Å². The lowest BCUT2D eigenvalue weighted by Gasteiger charge is -2.15. The van der Waals surface area contributed by atoms with Crippen LogP contribution in [-0.2, 0) is 24.2 Å². The molecule has 0 saturated heterocycles. The molecule has 1 saturated carbocycles. The molecule has 7 nitrogen and oxygen atoms in total. The van der Waals surface area contributed by atoms with Crippen LogP contribution in [0.5, 0.6) is 0 Å². The molecule has 3 heterocycles. The van der Waals surface area contributed by atoms with Crippen LogP contribution in [0.4, 0.5) is 5.82 Å². The van der Waals surface area contributed by atoms with Gasteiger partial charge in [-0.25, -0.2) is 9.67 Å². The highest BCUT2D eigenvalue weighted by atomic mass is 32.2. The summed E-state index contributed by atoms with van der Waals surface area (Å²) in [6, 6.07) is 2.20. The number of aryl methyl sites for hydroxylation is 2. The summed E-state index contributed by atoms with van der Waals surface area (Å²) >= 11 is 2.95. The molecule has 3 aromatic rings. The number of nitrogens with one attached hydrogen (secondary N) is 1. The largest absolute Gasteiger partial charge is 0.310 e. The van der Waals surface area contributed by atoms with Gasteiger partial charge in [-0.05, 0) is 44.1 Å². The molecule has 2 aliphatic carbocycles. The molecule has 1 N–H and O–H groups in total. The molecule has 0 spiro atoms. The van der Waals surface area contributed by atoms with Crippen molar-refractivity contribution in [1.82, 2.24) is 19.3 Å². The maximum Gasteiger partial charge on any atom is 0.263 e. The minimum absolute atomic E-state index is 0.0125. The van der Waals surface area contributed by atoms with Crippen LogP contribution in [-0.4, -0.2) is 31.0 Å². The standard InChI is InChI=1S/C24H29N5O2S2/c1-2-14-28-23(31)21-17-10-4-3-5-11-18(17)33-22(21)27-24(28)32-15-20(30)26-19-12-13-25-29(19)16-8-6-7-9-16/h2,12-13,16H,1,3-11,14-15H2,(H,26,30). The van der Waals surface area contributed by atoms with Crippen molar-refractivity contribution in [3.8, 4) is 0 Å². The summed E-state index contributed by atoms with van der Waals surface area (Å²) in [6.07, 6.45) is 13.5. The maximum atomic E-state index is 13.4. The number of anilines is 1. The zero-order valence-corrected chi connectivity index (χ0v) is 20.3. The summed E-state index contributed by atoms with van der Waals surface area (Å²) in [6.45, 7) is 4.20. The van der Waals surface area contributed by atoms with E-state index >= 15 is 0 Å². The number of hydrogen-bond donors (Lipinski definition) is 1. The Labute approximate surface area is 201 Å². The third-order valence-electron chi connectivity index (χ3n) is 6.54. The Balaban J connectivity index is 1.37. The number of carbonyl (C=O) groups is 1. The molecule has 1 amide bonds. The van der Waals surface area contributed by atoms with E-state index in [1.165, 1.54) is 47.9 Å². The Kier molecular flexibility index (Phi) is 6.69. The van der Waals surface area contributed by atoms with Crippen LogP contribution in [0.3, 0.4) is 0 Å². The molecule has 9 heteroatoms. The summed E-state index contributed by atoms with van der Waals surface area (Å²) in [5.41, 5.74) is 1.18. The molecule has 174 valence electrons. The van der Waals surface area contributed by atoms with Gasteiger partial charge in [-0.1, -0.05) is 37.1 Å². The monoisotopic (exact) mass is 483 g/mol. The van der Waals surface area contributed by atoms with Gasteiger partial charge in [0.25, 0.3) is 5.56 Å². The number of amides is 1. The molecule has 0 unspecified atom stereocenters. The number of allylic oxidation sites excluding steroid dienone is 1. The Morgan fingerprint density at radius 2 is 2.06 bits per heavy atom. The molecule has 3 aromatic heterocycles. The topological polar surface area (TPSA) is 81.8 Å². The highest BCUT2D eigenvalue weighted by Gasteiger charge is 2.23. The number of thioether (sulfide) groups is 1. The van der Waals surface area contributed by atoms with E-state index in [2.05, 4.69) is 17.0 Å². The number of carbonyl (C=O) groups excluding carboxylic acids is 1. The zero-order valence-electron chi connectivity index (χ0n) is 18.7. The summed E-state index contributed by atoms with van der Waals surface area (Å²) in [5, 5.41) is 8.76. The lowest BCUT2D eigenvalue weighted by molar-refractivity contribution is -0.113. The van der Waals surface area contributed by atoms with E-state index < -0.39 is 0 Å². The van der Waals surface area contributed by atoms with Crippen molar-refractivity contribution >= 4 is 45.0 Å². The van der Waals surface area contributed by atoms with Crippen molar-refractivity contribution < 1.29 is 4.79 Å². The first-order valence-corrected chi connectivity index (χ1v) is 13.6. The summed E-state index contributed by atoms with van der Waals surface area (Å²) < 4.78 is 3.60. The summed E-state index contributed by atoms with van der Waals surface area (Å²) in [7, 11) is 0. The van der Waals surface area contributed by atoms with E-state index in [0.717, 1.165) is 48.1 Å². The molecule has 2 aliphatic rings. The van der Waals surface area contributed by atoms with Crippen LogP contribution in [0.15, 0.2) is 34.9 Å². The number of rotatable bonds is 7. The number of hydrogen-bond acceptors (Lipinski definition) is 6. The molecule has 5 rings (SSSR count). The number of fused-ring (bicyclic) bond motifs is 3. The van der Waals surface area contributed by atoms with Crippen molar-refractivity contribution in [1.29, 1.82) is 0 Å².